The van der Waals surface area contributed by atoms with Gasteiger partial charge in [0.1, 0.15) is 13.2 Å². The highest BCUT2D eigenvalue weighted by Crippen LogP contribution is 2.17. The van der Waals surface area contributed by atoms with E-state index in [1.807, 2.05) is 0 Å². The minimum atomic E-state index is -0.782. The molecular weight excluding hydrogens is 961 g/mol. The summed E-state index contributed by atoms with van der Waals surface area (Å²) in [7, 11) is 0. The van der Waals surface area contributed by atoms with E-state index in [9.17, 15) is 14.4 Å². The van der Waals surface area contributed by atoms with Crippen molar-refractivity contribution in [3.8, 4) is 0 Å². The highest BCUT2D eigenvalue weighted by molar-refractivity contribution is 5.71. The summed E-state index contributed by atoms with van der Waals surface area (Å²) in [5.74, 6) is -0.869. The molecule has 0 aromatic heterocycles. The first-order valence-corrected chi connectivity index (χ1v) is 34.3. The molecule has 0 bridgehead atoms. The smallest absolute Gasteiger partial charge is 0.306 e. The Hall–Kier alpha value is -2.89. The summed E-state index contributed by atoms with van der Waals surface area (Å²) in [6.07, 6.45) is 85.1. The number of allylic oxidation sites excluding steroid dienone is 10. The molecule has 1 unspecified atom stereocenters. The average Bonchev–Trinajstić information content (AvgIpc) is 3.44. The van der Waals surface area contributed by atoms with Crippen LogP contribution < -0.4 is 0 Å². The summed E-state index contributed by atoms with van der Waals surface area (Å²) in [6.45, 7) is 6.66. The molecule has 6 nitrogen and oxygen atoms in total. The van der Waals surface area contributed by atoms with Crippen LogP contribution in [0, 0.1) is 0 Å². The van der Waals surface area contributed by atoms with Crippen molar-refractivity contribution in [3.05, 3.63) is 60.8 Å². The number of ether oxygens (including phenoxy) is 3. The van der Waals surface area contributed by atoms with E-state index in [0.717, 1.165) is 83.5 Å². The second-order valence-corrected chi connectivity index (χ2v) is 23.1. The van der Waals surface area contributed by atoms with Crippen LogP contribution in [0.2, 0.25) is 0 Å². The SMILES string of the molecule is CCCCCCC/C=C\C/C=C\C/C=C\CCCCCCCCC(=O)OC(COC(=O)CCCCCCCCCCCCC/C=C\C/C=C\CCCCCCC)COC(=O)CCCCCCCCCCCCCCCCCC. The van der Waals surface area contributed by atoms with Crippen LogP contribution in [0.1, 0.15) is 361 Å². The van der Waals surface area contributed by atoms with Gasteiger partial charge < -0.3 is 14.2 Å². The van der Waals surface area contributed by atoms with E-state index in [2.05, 4.69) is 81.5 Å². The van der Waals surface area contributed by atoms with Gasteiger partial charge in [0.25, 0.3) is 0 Å². The zero-order valence-electron chi connectivity index (χ0n) is 52.2. The van der Waals surface area contributed by atoms with E-state index in [1.54, 1.807) is 0 Å². The molecule has 0 saturated heterocycles. The van der Waals surface area contributed by atoms with Gasteiger partial charge in [0, 0.05) is 19.3 Å². The van der Waals surface area contributed by atoms with Gasteiger partial charge in [0.2, 0.25) is 0 Å². The molecule has 0 fully saturated rings. The normalized spacial score (nSPS) is 12.4. The Morgan fingerprint density at radius 2 is 0.462 bits per heavy atom. The topological polar surface area (TPSA) is 78.9 Å². The number of carbonyl (C=O) groups excluding carboxylic acids is 3. The van der Waals surface area contributed by atoms with Gasteiger partial charge in [-0.05, 0) is 89.9 Å². The minimum Gasteiger partial charge on any atom is -0.462 e. The number of unbranched alkanes of at least 4 members (excludes halogenated alkanes) is 42. The number of hydrogen-bond donors (Lipinski definition) is 0. The van der Waals surface area contributed by atoms with E-state index >= 15 is 0 Å². The monoisotopic (exact) mass is 1090 g/mol. The van der Waals surface area contributed by atoms with Crippen LogP contribution in [-0.4, -0.2) is 37.2 Å². The van der Waals surface area contributed by atoms with E-state index in [4.69, 9.17) is 14.2 Å². The zero-order valence-corrected chi connectivity index (χ0v) is 52.2. The lowest BCUT2D eigenvalue weighted by atomic mass is 10.0. The second kappa shape index (κ2) is 66.6. The summed E-state index contributed by atoms with van der Waals surface area (Å²) in [5.41, 5.74) is 0. The van der Waals surface area contributed by atoms with Crippen LogP contribution in [-0.2, 0) is 28.6 Å². The molecule has 0 spiro atoms. The molecule has 6 heteroatoms. The molecule has 78 heavy (non-hydrogen) atoms. The Morgan fingerprint density at radius 1 is 0.256 bits per heavy atom. The van der Waals surface area contributed by atoms with Gasteiger partial charge in [0.05, 0.1) is 0 Å². The van der Waals surface area contributed by atoms with Crippen LogP contribution in [0.5, 0.6) is 0 Å². The quantitative estimate of drug-likeness (QED) is 0.0261. The Bertz CT molecular complexity index is 1390. The second-order valence-electron chi connectivity index (χ2n) is 23.1. The molecule has 0 rings (SSSR count). The first-order valence-electron chi connectivity index (χ1n) is 34.3. The van der Waals surface area contributed by atoms with Gasteiger partial charge in [-0.1, -0.05) is 313 Å². The van der Waals surface area contributed by atoms with Crippen LogP contribution in [0.4, 0.5) is 0 Å². The van der Waals surface area contributed by atoms with Gasteiger partial charge in [0.15, 0.2) is 6.10 Å². The molecule has 0 aliphatic rings. The molecule has 0 amide bonds. The fourth-order valence-electron chi connectivity index (χ4n) is 10.1. The third kappa shape index (κ3) is 63.9. The van der Waals surface area contributed by atoms with Gasteiger partial charge in [-0.15, -0.1) is 0 Å². The van der Waals surface area contributed by atoms with Crippen molar-refractivity contribution in [2.24, 2.45) is 0 Å². The molecule has 0 aromatic carbocycles. The zero-order chi connectivity index (χ0) is 56.4. The number of esters is 3. The maximum Gasteiger partial charge on any atom is 0.306 e. The van der Waals surface area contributed by atoms with Crippen molar-refractivity contribution >= 4 is 17.9 Å². The molecule has 0 heterocycles. The lowest BCUT2D eigenvalue weighted by Gasteiger charge is -2.18. The van der Waals surface area contributed by atoms with Crippen molar-refractivity contribution in [2.45, 2.75) is 367 Å². The molecule has 1 atom stereocenters. The summed E-state index contributed by atoms with van der Waals surface area (Å²) < 4.78 is 17.0. The first kappa shape index (κ1) is 75.1. The number of rotatable bonds is 63. The lowest BCUT2D eigenvalue weighted by Crippen LogP contribution is -2.30. The highest BCUT2D eigenvalue weighted by atomic mass is 16.6. The van der Waals surface area contributed by atoms with Crippen LogP contribution in [0.15, 0.2) is 60.8 Å². The lowest BCUT2D eigenvalue weighted by molar-refractivity contribution is -0.167. The first-order chi connectivity index (χ1) is 38.5. The number of carbonyl (C=O) groups is 3. The minimum absolute atomic E-state index is 0.0765. The van der Waals surface area contributed by atoms with Crippen molar-refractivity contribution in [1.29, 1.82) is 0 Å². The Balaban J connectivity index is 4.36. The van der Waals surface area contributed by atoms with E-state index < -0.39 is 6.10 Å². The predicted octanol–water partition coefficient (Wildman–Crippen LogP) is 23.5. The highest BCUT2D eigenvalue weighted by Gasteiger charge is 2.19. The van der Waals surface area contributed by atoms with Crippen molar-refractivity contribution < 1.29 is 28.6 Å². The third-order valence-electron chi connectivity index (χ3n) is 15.2. The molecule has 0 saturated carbocycles. The van der Waals surface area contributed by atoms with Crippen LogP contribution in [0.25, 0.3) is 0 Å². The Kier molecular flexibility index (Phi) is 64.2. The fraction of sp³-hybridized carbons (Fsp3) is 0.819. The van der Waals surface area contributed by atoms with Crippen LogP contribution in [0.3, 0.4) is 0 Å². The van der Waals surface area contributed by atoms with Gasteiger partial charge >= 0.3 is 17.9 Å². The summed E-state index contributed by atoms with van der Waals surface area (Å²) in [5, 5.41) is 0. The van der Waals surface area contributed by atoms with Crippen molar-refractivity contribution in [2.75, 3.05) is 13.2 Å². The molecule has 454 valence electrons. The van der Waals surface area contributed by atoms with Gasteiger partial charge in [-0.2, -0.15) is 0 Å². The summed E-state index contributed by atoms with van der Waals surface area (Å²) in [6, 6.07) is 0. The Morgan fingerprint density at radius 3 is 0.718 bits per heavy atom. The molecular formula is C72H130O6. The van der Waals surface area contributed by atoms with E-state index in [-0.39, 0.29) is 31.1 Å². The number of hydrogen-bond acceptors (Lipinski definition) is 6. The Labute approximate surface area is 485 Å². The van der Waals surface area contributed by atoms with Crippen LogP contribution >= 0.6 is 0 Å². The maximum atomic E-state index is 12.9. The largest absolute Gasteiger partial charge is 0.462 e. The predicted molar refractivity (Wildman–Crippen MR) is 339 cm³/mol. The van der Waals surface area contributed by atoms with E-state index in [1.165, 1.54) is 238 Å². The molecule has 0 N–H and O–H groups in total. The van der Waals surface area contributed by atoms with Gasteiger partial charge in [-0.3, -0.25) is 14.4 Å². The van der Waals surface area contributed by atoms with Crippen molar-refractivity contribution in [1.82, 2.24) is 0 Å². The maximum absolute atomic E-state index is 12.9. The van der Waals surface area contributed by atoms with E-state index in [0.29, 0.717) is 19.3 Å². The van der Waals surface area contributed by atoms with Gasteiger partial charge in [-0.25, -0.2) is 0 Å². The summed E-state index contributed by atoms with van der Waals surface area (Å²) in [4.78, 5) is 38.4. The standard InChI is InChI=1S/C72H130O6/c1-4-7-10-13-16-19-22-25-28-31-33-35-36-38-39-41-44-47-50-53-56-59-62-65-71(74)77-68-69(67-76-70(73)64-61-58-55-52-49-46-43-30-27-24-21-18-15-12-9-6-3)78-72(75)66-63-60-57-54-51-48-45-42-40-37-34-32-29-26-23-20-17-14-11-8-5-2/h22-23,25-26,31-34,40,42,69H,4-21,24,27-30,35-39,41,43-68H2,1-3H3/b25-22-,26-23-,33-31-,34-32-,42-40-. The fourth-order valence-corrected chi connectivity index (χ4v) is 10.1. The third-order valence-corrected chi connectivity index (χ3v) is 15.2. The molecule has 0 aliphatic heterocycles. The van der Waals surface area contributed by atoms with Crippen molar-refractivity contribution in [3.63, 3.8) is 0 Å². The molecule has 0 aromatic rings. The summed E-state index contributed by atoms with van der Waals surface area (Å²) >= 11 is 0. The molecule has 0 aliphatic carbocycles. The molecule has 0 radical (unpaired) electrons. The average molecular weight is 1090 g/mol.